The molecule has 0 aromatic heterocycles. The number of carbonyl (C=O) groups excluding carboxylic acids is 1. The van der Waals surface area contributed by atoms with Crippen molar-refractivity contribution in [3.05, 3.63) is 113 Å². The van der Waals surface area contributed by atoms with Crippen LogP contribution >= 0.6 is 11.6 Å². The van der Waals surface area contributed by atoms with Gasteiger partial charge in [-0.3, -0.25) is 9.10 Å². The average molecular weight is 608 g/mol. The maximum absolute atomic E-state index is 13.7. The molecule has 4 aromatic rings. The summed E-state index contributed by atoms with van der Waals surface area (Å²) in [6, 6.07) is 25.6. The summed E-state index contributed by atoms with van der Waals surface area (Å²) in [4.78, 5) is 13.0. The van der Waals surface area contributed by atoms with Crippen LogP contribution in [0, 0.1) is 6.92 Å². The lowest BCUT2D eigenvalue weighted by atomic mass is 10.2. The molecule has 0 unspecified atom stereocenters. The van der Waals surface area contributed by atoms with E-state index in [2.05, 4.69) is 10.5 Å². The summed E-state index contributed by atoms with van der Waals surface area (Å²) in [5.41, 5.74) is 5.09. The van der Waals surface area contributed by atoms with Crippen molar-refractivity contribution in [3.8, 4) is 17.2 Å². The van der Waals surface area contributed by atoms with Crippen molar-refractivity contribution in [3.63, 3.8) is 0 Å². The molecule has 0 saturated heterocycles. The van der Waals surface area contributed by atoms with E-state index in [1.807, 2.05) is 25.1 Å². The molecule has 9 nitrogen and oxygen atoms in total. The molecule has 4 rings (SSSR count). The highest BCUT2D eigenvalue weighted by atomic mass is 35.5. The Kier molecular flexibility index (Phi) is 10.1. The maximum atomic E-state index is 13.7. The number of halogens is 1. The zero-order valence-electron chi connectivity index (χ0n) is 23.3. The van der Waals surface area contributed by atoms with Crippen LogP contribution < -0.4 is 23.9 Å². The number of hydrazone groups is 1. The molecule has 0 fully saturated rings. The van der Waals surface area contributed by atoms with Crippen LogP contribution in [0.3, 0.4) is 0 Å². The average Bonchev–Trinajstić information content (AvgIpc) is 2.99. The van der Waals surface area contributed by atoms with Gasteiger partial charge < -0.3 is 14.2 Å². The highest BCUT2D eigenvalue weighted by Crippen LogP contribution is 2.35. The van der Waals surface area contributed by atoms with Gasteiger partial charge in [-0.2, -0.15) is 5.10 Å². The molecule has 0 aliphatic heterocycles. The van der Waals surface area contributed by atoms with E-state index < -0.39 is 22.5 Å². The highest BCUT2D eigenvalue weighted by molar-refractivity contribution is 7.92. The van der Waals surface area contributed by atoms with E-state index in [0.29, 0.717) is 28.7 Å². The van der Waals surface area contributed by atoms with Crippen LogP contribution in [-0.2, 0) is 21.4 Å². The SMILES string of the molecule is COc1ccc(OC)c(N(CC(=O)N/N=C\c2ccc(OCc3cccc(Cl)c3)cc2)S(=O)(=O)c2ccc(C)cc2)c1. The molecular weight excluding hydrogens is 578 g/mol. The molecule has 0 spiro atoms. The van der Waals surface area contributed by atoms with Crippen LogP contribution in [0.5, 0.6) is 17.2 Å². The summed E-state index contributed by atoms with van der Waals surface area (Å²) in [6.07, 6.45) is 1.45. The Hall–Kier alpha value is -4.54. The number of hydrogen-bond acceptors (Lipinski definition) is 7. The van der Waals surface area contributed by atoms with Crippen LogP contribution in [0.25, 0.3) is 0 Å². The molecule has 11 heteroatoms. The smallest absolute Gasteiger partial charge is 0.264 e. The van der Waals surface area contributed by atoms with Crippen molar-refractivity contribution in [2.45, 2.75) is 18.4 Å². The Balaban J connectivity index is 1.47. The highest BCUT2D eigenvalue weighted by Gasteiger charge is 2.30. The summed E-state index contributed by atoms with van der Waals surface area (Å²) in [5.74, 6) is 0.641. The van der Waals surface area contributed by atoms with Crippen LogP contribution in [0.4, 0.5) is 5.69 Å². The van der Waals surface area contributed by atoms with Gasteiger partial charge >= 0.3 is 0 Å². The van der Waals surface area contributed by atoms with Gasteiger partial charge in [0.25, 0.3) is 15.9 Å². The minimum Gasteiger partial charge on any atom is -0.497 e. The molecule has 0 aliphatic carbocycles. The summed E-state index contributed by atoms with van der Waals surface area (Å²) < 4.78 is 44.9. The summed E-state index contributed by atoms with van der Waals surface area (Å²) in [7, 11) is -1.29. The zero-order valence-corrected chi connectivity index (χ0v) is 24.9. The summed E-state index contributed by atoms with van der Waals surface area (Å²) in [6.45, 7) is 1.66. The number of amides is 1. The number of nitrogens with zero attached hydrogens (tertiary/aromatic N) is 2. The topological polar surface area (TPSA) is 107 Å². The van der Waals surface area contributed by atoms with Crippen molar-refractivity contribution in [1.82, 2.24) is 5.43 Å². The van der Waals surface area contributed by atoms with E-state index in [0.717, 1.165) is 15.4 Å². The predicted octanol–water partition coefficient (Wildman–Crippen LogP) is 5.59. The second-order valence-corrected chi connectivity index (χ2v) is 11.4. The molecule has 218 valence electrons. The number of sulfonamides is 1. The Morgan fingerprint density at radius 1 is 0.929 bits per heavy atom. The lowest BCUT2D eigenvalue weighted by molar-refractivity contribution is -0.119. The quantitative estimate of drug-likeness (QED) is 0.166. The van der Waals surface area contributed by atoms with E-state index in [-0.39, 0.29) is 16.3 Å². The molecule has 4 aromatic carbocycles. The van der Waals surface area contributed by atoms with E-state index in [1.165, 1.54) is 38.6 Å². The monoisotopic (exact) mass is 607 g/mol. The number of carbonyl (C=O) groups is 1. The zero-order chi connectivity index (χ0) is 30.1. The fourth-order valence-corrected chi connectivity index (χ4v) is 5.55. The molecule has 0 radical (unpaired) electrons. The third kappa shape index (κ3) is 7.80. The van der Waals surface area contributed by atoms with Gasteiger partial charge in [-0.25, -0.2) is 13.8 Å². The number of nitrogens with one attached hydrogen (secondary N) is 1. The lowest BCUT2D eigenvalue weighted by Gasteiger charge is -2.25. The number of anilines is 1. The predicted molar refractivity (Wildman–Crippen MR) is 163 cm³/mol. The molecule has 42 heavy (non-hydrogen) atoms. The third-order valence-electron chi connectivity index (χ3n) is 6.13. The standard InChI is InChI=1S/C31H30ClN3O6S/c1-22-7-14-28(15-8-22)42(37,38)35(29-18-27(39-2)13-16-30(29)40-3)20-31(36)34-33-19-23-9-11-26(12-10-23)41-21-24-5-4-6-25(32)17-24/h4-19H,20-21H2,1-3H3,(H,34,36)/b33-19-. The second kappa shape index (κ2) is 13.9. The Morgan fingerprint density at radius 3 is 2.31 bits per heavy atom. The molecule has 0 aliphatic rings. The van der Waals surface area contributed by atoms with Crippen molar-refractivity contribution < 1.29 is 27.4 Å². The molecule has 1 N–H and O–H groups in total. The van der Waals surface area contributed by atoms with Crippen molar-refractivity contribution in [2.75, 3.05) is 25.1 Å². The van der Waals surface area contributed by atoms with Gasteiger partial charge in [0.2, 0.25) is 0 Å². The van der Waals surface area contributed by atoms with E-state index in [1.54, 1.807) is 54.6 Å². The van der Waals surface area contributed by atoms with Gasteiger partial charge in [0.05, 0.1) is 31.0 Å². The molecule has 0 atom stereocenters. The van der Waals surface area contributed by atoms with E-state index in [9.17, 15) is 13.2 Å². The Morgan fingerprint density at radius 2 is 1.64 bits per heavy atom. The van der Waals surface area contributed by atoms with Crippen LogP contribution in [0.15, 0.2) is 101 Å². The molecule has 0 heterocycles. The first-order chi connectivity index (χ1) is 20.2. The number of aryl methyl sites for hydroxylation is 1. The molecule has 0 bridgehead atoms. The van der Waals surface area contributed by atoms with Crippen molar-refractivity contribution >= 4 is 39.4 Å². The molecule has 0 saturated carbocycles. The second-order valence-electron chi connectivity index (χ2n) is 9.14. The molecule has 1 amide bonds. The van der Waals surface area contributed by atoms with Crippen LogP contribution in [0.2, 0.25) is 5.02 Å². The van der Waals surface area contributed by atoms with Gasteiger partial charge in [0, 0.05) is 11.1 Å². The minimum atomic E-state index is -4.17. The fourth-order valence-electron chi connectivity index (χ4n) is 3.92. The Bertz CT molecular complexity index is 1660. The largest absolute Gasteiger partial charge is 0.497 e. The van der Waals surface area contributed by atoms with Gasteiger partial charge in [0.1, 0.15) is 30.4 Å². The minimum absolute atomic E-state index is 0.0203. The van der Waals surface area contributed by atoms with Gasteiger partial charge in [-0.15, -0.1) is 0 Å². The first-order valence-electron chi connectivity index (χ1n) is 12.8. The third-order valence-corrected chi connectivity index (χ3v) is 8.14. The first kappa shape index (κ1) is 30.4. The number of methoxy groups -OCH3 is 2. The fraction of sp³-hybridized carbons (Fsp3) is 0.161. The number of ether oxygens (including phenoxy) is 3. The van der Waals surface area contributed by atoms with Gasteiger partial charge in [0.15, 0.2) is 0 Å². The molecular formula is C31H30ClN3O6S. The van der Waals surface area contributed by atoms with Crippen molar-refractivity contribution in [2.24, 2.45) is 5.10 Å². The number of benzene rings is 4. The van der Waals surface area contributed by atoms with Gasteiger partial charge in [-0.1, -0.05) is 41.4 Å². The van der Waals surface area contributed by atoms with Crippen molar-refractivity contribution in [1.29, 1.82) is 0 Å². The maximum Gasteiger partial charge on any atom is 0.264 e. The summed E-state index contributed by atoms with van der Waals surface area (Å²) in [5, 5.41) is 4.65. The summed E-state index contributed by atoms with van der Waals surface area (Å²) >= 11 is 6.02. The van der Waals surface area contributed by atoms with Crippen LogP contribution in [0.1, 0.15) is 16.7 Å². The van der Waals surface area contributed by atoms with Crippen LogP contribution in [-0.4, -0.2) is 41.3 Å². The van der Waals surface area contributed by atoms with E-state index >= 15 is 0 Å². The Labute approximate surface area is 250 Å². The number of rotatable bonds is 12. The number of hydrogen-bond donors (Lipinski definition) is 1. The normalized spacial score (nSPS) is 11.2. The first-order valence-corrected chi connectivity index (χ1v) is 14.6. The van der Waals surface area contributed by atoms with E-state index in [4.69, 9.17) is 25.8 Å². The lowest BCUT2D eigenvalue weighted by Crippen LogP contribution is -2.39. The van der Waals surface area contributed by atoms with Gasteiger partial charge in [-0.05, 0) is 78.7 Å².